The van der Waals surface area contributed by atoms with Crippen molar-refractivity contribution in [3.05, 3.63) is 60.7 Å². The van der Waals surface area contributed by atoms with Crippen LogP contribution in [0.15, 0.2) is 60.7 Å². The summed E-state index contributed by atoms with van der Waals surface area (Å²) >= 11 is 6.58. The molecule has 2 aromatic carbocycles. The topological polar surface area (TPSA) is 40.5 Å². The first-order valence-electron chi connectivity index (χ1n) is 5.12. The molecule has 3 nitrogen and oxygen atoms in total. The van der Waals surface area contributed by atoms with Crippen LogP contribution in [0.5, 0.6) is 0 Å². The Kier molecular flexibility index (Phi) is 10.3. The Hall–Kier alpha value is -0.330. The molecule has 1 amide bonds. The standard InChI is InChI=1S/C12H10.CH3NO2S2.Ca.2H/c1-3-7-11(8-4-1)12-9-5-2-6-10-12;3-1(4)2(5)6;;;/h1-10H;5-6H,(H,3,4);;;. The summed E-state index contributed by atoms with van der Waals surface area (Å²) < 4.78 is 0.472. The van der Waals surface area contributed by atoms with Gasteiger partial charge in [0.1, 0.15) is 0 Å². The largest absolute Gasteiger partial charge is 0.0622 e. The number of benzene rings is 2. The third-order valence-electron chi connectivity index (χ3n) is 2.05. The van der Waals surface area contributed by atoms with Crippen molar-refractivity contribution in [2.75, 3.05) is 0 Å². The Morgan fingerprint density at radius 3 is 1.32 bits per heavy atom. The Morgan fingerprint density at radius 2 is 1.11 bits per heavy atom. The van der Waals surface area contributed by atoms with Crippen LogP contribution >= 0.6 is 25.6 Å². The molecule has 19 heavy (non-hydrogen) atoms. The number of nitrogens with zero attached hydrogens (tertiary/aromatic N) is 1. The number of hydrogen-bond donors (Lipinski definition) is 3. The maximum Gasteiger partial charge on any atom is -0.0184 e. The minimum Gasteiger partial charge on any atom is -0.0622 e. The van der Waals surface area contributed by atoms with Gasteiger partial charge in [0.15, 0.2) is 0 Å². The van der Waals surface area contributed by atoms with E-state index in [1.54, 1.807) is 0 Å². The molecule has 2 rings (SSSR count). The van der Waals surface area contributed by atoms with E-state index in [0.29, 0.717) is 3.71 Å². The van der Waals surface area contributed by atoms with E-state index in [9.17, 15) is 4.79 Å². The van der Waals surface area contributed by atoms with Gasteiger partial charge in [0, 0.05) is 0 Å². The van der Waals surface area contributed by atoms with Gasteiger partial charge in [0.25, 0.3) is 0 Å². The van der Waals surface area contributed by atoms with E-state index in [0.717, 1.165) is 0 Å². The fraction of sp³-hybridized carbons (Fsp3) is 0. The molecule has 1 N–H and O–H groups in total. The molecule has 0 aromatic heterocycles. The number of rotatable bonds is 1. The molecule has 2 aromatic rings. The molecule has 0 saturated heterocycles. The molecule has 0 aliphatic heterocycles. The zero-order valence-corrected chi connectivity index (χ0v) is 11.3. The molecule has 0 aliphatic rings. The van der Waals surface area contributed by atoms with E-state index >= 15 is 0 Å². The summed E-state index contributed by atoms with van der Waals surface area (Å²) in [7, 11) is 0. The van der Waals surface area contributed by atoms with Gasteiger partial charge in [-0.2, -0.15) is 3.71 Å². The van der Waals surface area contributed by atoms with Gasteiger partial charge in [-0.15, -0.1) is 0 Å². The Bertz CT molecular complexity index is 443. The van der Waals surface area contributed by atoms with Crippen LogP contribution in [0.2, 0.25) is 0 Å². The normalized spacial score (nSPS) is 8.53. The monoisotopic (exact) mass is 321 g/mol. The maximum absolute atomic E-state index is 9.47. The van der Waals surface area contributed by atoms with Crippen molar-refractivity contribution in [2.24, 2.45) is 0 Å². The van der Waals surface area contributed by atoms with Crippen LogP contribution in [0.4, 0.5) is 4.79 Å². The molecule has 0 fully saturated rings. The molecule has 0 aliphatic carbocycles. The SMILES string of the molecule is O=C(O)N(S)S.[CaH2].c1ccc(-c2ccccc2)cc1. The summed E-state index contributed by atoms with van der Waals surface area (Å²) in [6.07, 6.45) is -1.18. The van der Waals surface area contributed by atoms with Crippen molar-refractivity contribution >= 4 is 69.5 Å². The minimum atomic E-state index is -1.18. The average molecular weight is 321 g/mol. The van der Waals surface area contributed by atoms with Crippen LogP contribution < -0.4 is 0 Å². The van der Waals surface area contributed by atoms with E-state index < -0.39 is 6.09 Å². The van der Waals surface area contributed by atoms with Crippen LogP contribution in [-0.4, -0.2) is 52.6 Å². The van der Waals surface area contributed by atoms with E-state index in [4.69, 9.17) is 5.11 Å². The van der Waals surface area contributed by atoms with Gasteiger partial charge < -0.3 is 5.11 Å². The van der Waals surface area contributed by atoms with Crippen molar-refractivity contribution in [1.29, 1.82) is 0 Å². The van der Waals surface area contributed by atoms with Gasteiger partial charge in [0.05, 0.1) is 0 Å². The van der Waals surface area contributed by atoms with Gasteiger partial charge >= 0.3 is 43.8 Å². The molecule has 0 spiro atoms. The fourth-order valence-electron chi connectivity index (χ4n) is 1.26. The summed E-state index contributed by atoms with van der Waals surface area (Å²) in [5, 5.41) is 7.76. The number of hydrogen-bond acceptors (Lipinski definition) is 3. The predicted molar refractivity (Wildman–Crippen MR) is 88.3 cm³/mol. The molecule has 0 heterocycles. The zero-order chi connectivity index (χ0) is 13.4. The summed E-state index contributed by atoms with van der Waals surface area (Å²) in [6, 6.07) is 20.8. The van der Waals surface area contributed by atoms with Gasteiger partial charge in [-0.1, -0.05) is 60.7 Å². The van der Waals surface area contributed by atoms with E-state index in [1.165, 1.54) is 11.1 Å². The van der Waals surface area contributed by atoms with E-state index in [-0.39, 0.29) is 37.7 Å². The molecule has 98 valence electrons. The van der Waals surface area contributed by atoms with Crippen molar-refractivity contribution in [1.82, 2.24) is 3.71 Å². The molecule has 0 saturated carbocycles. The minimum absolute atomic E-state index is 0. The van der Waals surface area contributed by atoms with Gasteiger partial charge in [0.2, 0.25) is 0 Å². The summed E-state index contributed by atoms with van der Waals surface area (Å²) in [5.41, 5.74) is 2.55. The van der Waals surface area contributed by atoms with Gasteiger partial charge in [-0.3, -0.25) is 0 Å². The van der Waals surface area contributed by atoms with Gasteiger partial charge in [-0.25, -0.2) is 4.79 Å². The van der Waals surface area contributed by atoms with Crippen LogP contribution in [0.25, 0.3) is 11.1 Å². The van der Waals surface area contributed by atoms with E-state index in [1.807, 2.05) is 12.1 Å². The number of thiol groups is 2. The Balaban J connectivity index is 0.000000404. The molecule has 6 heteroatoms. The number of carbonyl (C=O) groups is 1. The molecular formula is C13H15CaNO2S2. The first-order chi connectivity index (χ1) is 8.61. The van der Waals surface area contributed by atoms with Crippen molar-refractivity contribution < 1.29 is 9.90 Å². The smallest absolute Gasteiger partial charge is 0.0184 e. The Morgan fingerprint density at radius 1 is 0.842 bits per heavy atom. The second-order valence-electron chi connectivity index (χ2n) is 3.30. The van der Waals surface area contributed by atoms with Crippen LogP contribution in [0.3, 0.4) is 0 Å². The van der Waals surface area contributed by atoms with Crippen LogP contribution in [0.1, 0.15) is 0 Å². The number of carboxylic acid groups (broad SMARTS) is 1. The molecule has 0 radical (unpaired) electrons. The second-order valence-corrected chi connectivity index (χ2v) is 4.42. The van der Waals surface area contributed by atoms with Crippen molar-refractivity contribution in [2.45, 2.75) is 0 Å². The summed E-state index contributed by atoms with van der Waals surface area (Å²) in [6.45, 7) is 0. The third-order valence-corrected chi connectivity index (χ3v) is 2.39. The fourth-order valence-corrected chi connectivity index (χ4v) is 1.26. The molecular weight excluding hydrogens is 306 g/mol. The van der Waals surface area contributed by atoms with E-state index in [2.05, 4.69) is 74.2 Å². The predicted octanol–water partition coefficient (Wildman–Crippen LogP) is 3.09. The van der Waals surface area contributed by atoms with Crippen LogP contribution in [-0.2, 0) is 0 Å². The second kappa shape index (κ2) is 10.5. The number of amides is 1. The summed E-state index contributed by atoms with van der Waals surface area (Å²) in [5.74, 6) is 0. The average Bonchev–Trinajstić information content (AvgIpc) is 2.41. The van der Waals surface area contributed by atoms with Gasteiger partial charge in [-0.05, 0) is 36.8 Å². The van der Waals surface area contributed by atoms with Crippen LogP contribution in [0, 0.1) is 0 Å². The van der Waals surface area contributed by atoms with Crippen molar-refractivity contribution in [3.63, 3.8) is 0 Å². The third kappa shape index (κ3) is 7.74. The summed E-state index contributed by atoms with van der Waals surface area (Å²) in [4.78, 5) is 9.47. The molecule has 0 bridgehead atoms. The van der Waals surface area contributed by atoms with Crippen molar-refractivity contribution in [3.8, 4) is 11.1 Å². The quantitative estimate of drug-likeness (QED) is 0.558. The molecule has 0 unspecified atom stereocenters. The first-order valence-corrected chi connectivity index (χ1v) is 5.92. The molecule has 0 atom stereocenters. The Labute approximate surface area is 153 Å². The maximum atomic E-state index is 9.47. The first kappa shape index (κ1) is 18.7. The zero-order valence-electron chi connectivity index (χ0n) is 9.47.